The molecule has 2 heterocycles. The van der Waals surface area contributed by atoms with E-state index in [4.69, 9.17) is 5.73 Å². The lowest BCUT2D eigenvalue weighted by Crippen LogP contribution is -2.48. The fourth-order valence-corrected chi connectivity index (χ4v) is 3.57. The molecule has 0 radical (unpaired) electrons. The summed E-state index contributed by atoms with van der Waals surface area (Å²) in [4.78, 5) is 40.9. The highest BCUT2D eigenvalue weighted by molar-refractivity contribution is 6.01. The van der Waals surface area contributed by atoms with Crippen LogP contribution in [-0.2, 0) is 26.8 Å². The molecule has 1 aromatic heterocycles. The van der Waals surface area contributed by atoms with Crippen molar-refractivity contribution in [3.05, 3.63) is 61.8 Å². The van der Waals surface area contributed by atoms with Crippen LogP contribution in [0.4, 0.5) is 19.0 Å². The molecule has 3 rings (SSSR count). The van der Waals surface area contributed by atoms with Gasteiger partial charge in [-0.2, -0.15) is 13.2 Å². The van der Waals surface area contributed by atoms with Crippen molar-refractivity contribution in [1.82, 2.24) is 18.9 Å². The zero-order valence-electron chi connectivity index (χ0n) is 17.3. The molecule has 0 bridgehead atoms. The zero-order chi connectivity index (χ0) is 22.9. The molecule has 31 heavy (non-hydrogen) atoms. The second kappa shape index (κ2) is 8.67. The van der Waals surface area contributed by atoms with Crippen LogP contribution in [0.5, 0.6) is 0 Å². The van der Waals surface area contributed by atoms with Crippen LogP contribution >= 0.6 is 0 Å². The van der Waals surface area contributed by atoms with Crippen molar-refractivity contribution >= 4 is 11.6 Å². The van der Waals surface area contributed by atoms with Gasteiger partial charge in [0, 0.05) is 46.8 Å². The number of nitrogen functional groups attached to an aromatic ring is 1. The van der Waals surface area contributed by atoms with Gasteiger partial charge in [0.05, 0.1) is 12.1 Å². The largest absolute Gasteiger partial charge is 0.416 e. The topological polar surface area (TPSA) is 93.6 Å². The summed E-state index contributed by atoms with van der Waals surface area (Å²) in [7, 11) is 2.69. The zero-order valence-corrected chi connectivity index (χ0v) is 17.3. The molecule has 0 spiro atoms. The van der Waals surface area contributed by atoms with Crippen LogP contribution in [0.2, 0.25) is 0 Å². The average Bonchev–Trinajstić information content (AvgIpc) is 2.72. The number of nitrogens with two attached hydrogens (primary N) is 1. The van der Waals surface area contributed by atoms with Crippen LogP contribution in [0.1, 0.15) is 21.5 Å². The lowest BCUT2D eigenvalue weighted by molar-refractivity contribution is -0.137. The summed E-state index contributed by atoms with van der Waals surface area (Å²) in [5.74, 6) is -0.607. The summed E-state index contributed by atoms with van der Waals surface area (Å²) in [5, 5.41) is 0. The first kappa shape index (κ1) is 22.8. The quantitative estimate of drug-likeness (QED) is 0.689. The smallest absolute Gasteiger partial charge is 0.384 e. The molecule has 0 aliphatic carbocycles. The summed E-state index contributed by atoms with van der Waals surface area (Å²) in [6.07, 6.45) is -4.36. The molecule has 2 aromatic rings. The summed E-state index contributed by atoms with van der Waals surface area (Å²) in [6, 6.07) is 5.08. The van der Waals surface area contributed by atoms with Gasteiger partial charge in [0.25, 0.3) is 5.56 Å². The fourth-order valence-electron chi connectivity index (χ4n) is 3.57. The third-order valence-electron chi connectivity index (χ3n) is 5.51. The molecule has 1 aliphatic heterocycles. The number of anilines is 1. The van der Waals surface area contributed by atoms with Crippen LogP contribution in [0.3, 0.4) is 0 Å². The fraction of sp³-hybridized carbons (Fsp3) is 0.450. The van der Waals surface area contributed by atoms with Gasteiger partial charge in [-0.15, -0.1) is 0 Å². The Bertz CT molecular complexity index is 1080. The van der Waals surface area contributed by atoms with E-state index < -0.39 is 28.8 Å². The van der Waals surface area contributed by atoms with Crippen LogP contribution in [0.25, 0.3) is 0 Å². The van der Waals surface area contributed by atoms with Crippen LogP contribution in [-0.4, -0.2) is 57.4 Å². The molecule has 8 nitrogen and oxygen atoms in total. The van der Waals surface area contributed by atoms with E-state index in [0.29, 0.717) is 32.7 Å². The van der Waals surface area contributed by atoms with E-state index in [-0.39, 0.29) is 17.9 Å². The summed E-state index contributed by atoms with van der Waals surface area (Å²) >= 11 is 0. The van der Waals surface area contributed by atoms with Crippen LogP contribution in [0, 0.1) is 0 Å². The maximum atomic E-state index is 12.7. The first-order chi connectivity index (χ1) is 14.5. The van der Waals surface area contributed by atoms with E-state index in [0.717, 1.165) is 26.8 Å². The highest BCUT2D eigenvalue weighted by atomic mass is 19.4. The highest BCUT2D eigenvalue weighted by Gasteiger charge is 2.30. The Morgan fingerprint density at radius 3 is 2.06 bits per heavy atom. The number of halogens is 3. The van der Waals surface area contributed by atoms with Gasteiger partial charge in [0.1, 0.15) is 11.4 Å². The van der Waals surface area contributed by atoms with Gasteiger partial charge in [-0.3, -0.25) is 28.5 Å². The van der Waals surface area contributed by atoms with Gasteiger partial charge in [-0.1, -0.05) is 12.1 Å². The predicted octanol–water partition coefficient (Wildman–Crippen LogP) is 0.686. The van der Waals surface area contributed by atoms with Crippen molar-refractivity contribution in [2.75, 3.05) is 38.5 Å². The first-order valence-electron chi connectivity index (χ1n) is 9.68. The molecule has 2 N–H and O–H groups in total. The molecular weight excluding hydrogens is 415 g/mol. The van der Waals surface area contributed by atoms with Crippen molar-refractivity contribution in [2.45, 2.75) is 12.7 Å². The molecule has 1 saturated heterocycles. The van der Waals surface area contributed by atoms with Crippen molar-refractivity contribution in [3.8, 4) is 0 Å². The highest BCUT2D eigenvalue weighted by Crippen LogP contribution is 2.29. The Morgan fingerprint density at radius 2 is 1.52 bits per heavy atom. The summed E-state index contributed by atoms with van der Waals surface area (Å²) < 4.78 is 39.9. The number of carbonyl (C=O) groups excluding carboxylic acids is 1. The van der Waals surface area contributed by atoms with E-state index in [2.05, 4.69) is 4.90 Å². The first-order valence-corrected chi connectivity index (χ1v) is 9.68. The third-order valence-corrected chi connectivity index (χ3v) is 5.51. The second-order valence-electron chi connectivity index (χ2n) is 7.64. The number of rotatable bonds is 5. The molecule has 0 atom stereocenters. The normalized spacial score (nSPS) is 15.9. The number of piperazine rings is 1. The Kier molecular flexibility index (Phi) is 6.37. The molecule has 1 fully saturated rings. The Labute approximate surface area is 176 Å². The number of aromatic nitrogens is 2. The Morgan fingerprint density at radius 1 is 0.968 bits per heavy atom. The average molecular weight is 439 g/mol. The van der Waals surface area contributed by atoms with Gasteiger partial charge in [0.2, 0.25) is 0 Å². The number of ketones is 1. The van der Waals surface area contributed by atoms with Gasteiger partial charge >= 0.3 is 11.9 Å². The Hall–Kier alpha value is -2.92. The minimum atomic E-state index is -4.36. The lowest BCUT2D eigenvalue weighted by Gasteiger charge is -2.34. The molecule has 1 aromatic carbocycles. The number of hydrogen-bond donors (Lipinski definition) is 1. The van der Waals surface area contributed by atoms with E-state index in [9.17, 15) is 27.6 Å². The van der Waals surface area contributed by atoms with Crippen LogP contribution in [0.15, 0.2) is 33.9 Å². The maximum absolute atomic E-state index is 12.7. The number of hydrogen-bond acceptors (Lipinski definition) is 6. The van der Waals surface area contributed by atoms with Gasteiger partial charge in [-0.25, -0.2) is 4.79 Å². The summed E-state index contributed by atoms with van der Waals surface area (Å²) in [5.41, 5.74) is 4.42. The summed E-state index contributed by atoms with van der Waals surface area (Å²) in [6.45, 7) is 2.85. The molecule has 11 heteroatoms. The number of nitrogens with zero attached hydrogens (tertiary/aromatic N) is 4. The van der Waals surface area contributed by atoms with Gasteiger partial charge in [0.15, 0.2) is 5.78 Å². The standard InChI is InChI=1S/C20H24F3N5O3/c1-25-17(24)16(18(30)26(2)19(25)31)15(29)12-28-9-7-27(8-10-28)11-13-3-5-14(6-4-13)20(21,22)23/h3-6H,7-12,24H2,1-2H3. The predicted molar refractivity (Wildman–Crippen MR) is 109 cm³/mol. The molecular formula is C20H24F3N5O3. The van der Waals surface area contributed by atoms with E-state index in [1.165, 1.54) is 26.2 Å². The number of carbonyl (C=O) groups is 1. The minimum absolute atomic E-state index is 0.00817. The van der Waals surface area contributed by atoms with E-state index in [1.807, 2.05) is 4.90 Å². The SMILES string of the molecule is Cn1c(N)c(C(=O)CN2CCN(Cc3ccc(C(F)(F)F)cc3)CC2)c(=O)n(C)c1=O. The molecule has 0 saturated carbocycles. The molecule has 1 aliphatic rings. The molecule has 0 amide bonds. The minimum Gasteiger partial charge on any atom is -0.384 e. The van der Waals surface area contributed by atoms with Crippen LogP contribution < -0.4 is 17.0 Å². The van der Waals surface area contributed by atoms with Crippen molar-refractivity contribution in [1.29, 1.82) is 0 Å². The van der Waals surface area contributed by atoms with Gasteiger partial charge < -0.3 is 5.73 Å². The maximum Gasteiger partial charge on any atom is 0.416 e. The molecule has 0 unspecified atom stereocenters. The van der Waals surface area contributed by atoms with E-state index in [1.54, 1.807) is 0 Å². The van der Waals surface area contributed by atoms with Crippen molar-refractivity contribution in [3.63, 3.8) is 0 Å². The van der Waals surface area contributed by atoms with Crippen molar-refractivity contribution in [2.24, 2.45) is 14.1 Å². The second-order valence-corrected chi connectivity index (χ2v) is 7.64. The Balaban J connectivity index is 1.59. The number of benzene rings is 1. The van der Waals surface area contributed by atoms with E-state index >= 15 is 0 Å². The third kappa shape index (κ3) is 4.88. The molecule has 168 valence electrons. The monoisotopic (exact) mass is 439 g/mol. The van der Waals surface area contributed by atoms with Crippen molar-refractivity contribution < 1.29 is 18.0 Å². The number of alkyl halides is 3. The lowest BCUT2D eigenvalue weighted by atomic mass is 10.1. The number of Topliss-reactive ketones (excluding diaryl/α,β-unsaturated/α-hetero) is 1. The van der Waals surface area contributed by atoms with Gasteiger partial charge in [-0.05, 0) is 17.7 Å².